The molecule has 2 aliphatic carbocycles. The second kappa shape index (κ2) is 12.2. The van der Waals surface area contributed by atoms with E-state index in [-0.39, 0.29) is 30.6 Å². The minimum atomic E-state index is -0.354. The molecule has 0 bridgehead atoms. The number of anilines is 1. The number of nitrogens with zero attached hydrogens (tertiary/aromatic N) is 2. The number of methoxy groups -OCH3 is 1. The Morgan fingerprint density at radius 1 is 1.20 bits per heavy atom. The quantitative estimate of drug-likeness (QED) is 0.389. The van der Waals surface area contributed by atoms with Crippen LogP contribution < -0.4 is 15.4 Å². The summed E-state index contributed by atoms with van der Waals surface area (Å²) >= 11 is 0. The van der Waals surface area contributed by atoms with Gasteiger partial charge in [-0.2, -0.15) is 5.10 Å². The molecule has 0 aromatic carbocycles. The number of amides is 2. The molecule has 11 heteroatoms. The number of pyridine rings is 1. The van der Waals surface area contributed by atoms with Crippen LogP contribution >= 0.6 is 0 Å². The number of alkyl carbamates (subject to hydrolysis) is 1. The lowest BCUT2D eigenvalue weighted by molar-refractivity contribution is -0.115. The van der Waals surface area contributed by atoms with Gasteiger partial charge in [0.2, 0.25) is 11.8 Å². The summed E-state index contributed by atoms with van der Waals surface area (Å²) in [4.78, 5) is 28.5. The van der Waals surface area contributed by atoms with E-state index in [1.54, 1.807) is 25.4 Å². The number of carbonyl (C=O) groups is 2. The zero-order valence-electron chi connectivity index (χ0n) is 20.0. The second-order valence-electron chi connectivity index (χ2n) is 9.28. The molecule has 2 aliphatic rings. The van der Waals surface area contributed by atoms with Gasteiger partial charge in [0, 0.05) is 36.0 Å². The van der Waals surface area contributed by atoms with E-state index >= 15 is 0 Å². The number of hydrogen-bond donors (Lipinski definition) is 4. The minimum absolute atomic E-state index is 0.104. The van der Waals surface area contributed by atoms with Gasteiger partial charge in [-0.05, 0) is 55.7 Å². The SMILES string of the molecule is COc1cc(CC(=O)Nc2cc([C@@H]3CCC([Si]COC(=O)NC4CCC(O)CC4)C3)[nH]n2)ccn1. The Morgan fingerprint density at radius 2 is 2.03 bits per heavy atom. The monoisotopic (exact) mass is 499 g/mol. The first-order chi connectivity index (χ1) is 17.0. The standard InChI is InChI=1S/C24H33N5O5Si/c1-33-23-11-15(8-9-25-23)10-22(31)27-21-13-20(28-29-21)16-2-7-19(12-16)35-14-34-24(32)26-17-3-5-18(30)6-4-17/h8-9,11,13,16-19,30H,2-7,10,12,14H2,1H3,(H,26,32)(H2,27,28,29,31)/t16-,17?,18?,19?/m1/s1. The second-order valence-corrected chi connectivity index (χ2v) is 10.8. The number of carbonyl (C=O) groups excluding carboxylic acids is 2. The molecular formula is C24H33N5O5Si. The van der Waals surface area contributed by atoms with Crippen molar-refractivity contribution >= 4 is 27.3 Å². The Labute approximate surface area is 207 Å². The smallest absolute Gasteiger partial charge is 0.407 e. The van der Waals surface area contributed by atoms with Crippen molar-refractivity contribution in [3.63, 3.8) is 0 Å². The molecule has 2 heterocycles. The van der Waals surface area contributed by atoms with Gasteiger partial charge in [0.1, 0.15) is 0 Å². The molecule has 2 saturated carbocycles. The van der Waals surface area contributed by atoms with Crippen molar-refractivity contribution in [3.8, 4) is 5.88 Å². The summed E-state index contributed by atoms with van der Waals surface area (Å²) in [7, 11) is 2.10. The molecule has 2 radical (unpaired) electrons. The van der Waals surface area contributed by atoms with Crippen LogP contribution in [0.4, 0.5) is 10.6 Å². The van der Waals surface area contributed by atoms with E-state index in [4.69, 9.17) is 9.47 Å². The molecule has 0 spiro atoms. The molecule has 10 nitrogen and oxygen atoms in total. The zero-order chi connectivity index (χ0) is 24.6. The summed E-state index contributed by atoms with van der Waals surface area (Å²) in [5, 5.41) is 22.7. The van der Waals surface area contributed by atoms with E-state index in [2.05, 4.69) is 25.8 Å². The lowest BCUT2D eigenvalue weighted by Gasteiger charge is -2.25. The Hall–Kier alpha value is -2.92. The number of aliphatic hydroxyl groups excluding tert-OH is 1. The molecule has 0 aliphatic heterocycles. The van der Waals surface area contributed by atoms with Gasteiger partial charge in [-0.25, -0.2) is 9.78 Å². The highest BCUT2D eigenvalue weighted by Gasteiger charge is 2.28. The van der Waals surface area contributed by atoms with Crippen molar-refractivity contribution < 1.29 is 24.2 Å². The summed E-state index contributed by atoms with van der Waals surface area (Å²) < 4.78 is 10.5. The van der Waals surface area contributed by atoms with Crippen molar-refractivity contribution in [1.82, 2.24) is 20.5 Å². The van der Waals surface area contributed by atoms with Gasteiger partial charge in [0.15, 0.2) is 5.82 Å². The van der Waals surface area contributed by atoms with Crippen molar-refractivity contribution in [2.75, 3.05) is 18.7 Å². The van der Waals surface area contributed by atoms with Crippen LogP contribution in [0.2, 0.25) is 5.54 Å². The molecule has 2 aromatic rings. The maximum absolute atomic E-state index is 12.4. The lowest BCUT2D eigenvalue weighted by atomic mass is 9.93. The van der Waals surface area contributed by atoms with E-state index in [1.165, 1.54) is 0 Å². The van der Waals surface area contributed by atoms with Crippen LogP contribution in [0.1, 0.15) is 62.1 Å². The number of aromatic amines is 1. The third-order valence-electron chi connectivity index (χ3n) is 6.70. The summed E-state index contributed by atoms with van der Waals surface area (Å²) in [6.45, 7) is 0. The lowest BCUT2D eigenvalue weighted by Crippen LogP contribution is -2.39. The predicted molar refractivity (Wildman–Crippen MR) is 131 cm³/mol. The molecule has 35 heavy (non-hydrogen) atoms. The Balaban J connectivity index is 1.16. The van der Waals surface area contributed by atoms with Crippen LogP contribution in [-0.4, -0.2) is 67.3 Å². The van der Waals surface area contributed by atoms with Gasteiger partial charge >= 0.3 is 6.09 Å². The van der Waals surface area contributed by atoms with Gasteiger partial charge in [-0.15, -0.1) is 0 Å². The average molecular weight is 500 g/mol. The normalized spacial score (nSPS) is 24.1. The van der Waals surface area contributed by atoms with Crippen molar-refractivity contribution in [3.05, 3.63) is 35.7 Å². The third-order valence-corrected chi connectivity index (χ3v) is 8.12. The first-order valence-corrected chi connectivity index (χ1v) is 13.5. The molecule has 1 unspecified atom stereocenters. The average Bonchev–Trinajstić information content (AvgIpc) is 3.50. The number of ether oxygens (including phenoxy) is 2. The Bertz CT molecular complexity index is 994. The maximum Gasteiger partial charge on any atom is 0.407 e. The summed E-state index contributed by atoms with van der Waals surface area (Å²) in [5.41, 5.74) is 2.36. The Kier molecular flexibility index (Phi) is 8.75. The topological polar surface area (TPSA) is 138 Å². The van der Waals surface area contributed by atoms with Gasteiger partial charge in [0.25, 0.3) is 0 Å². The third kappa shape index (κ3) is 7.53. The summed E-state index contributed by atoms with van der Waals surface area (Å²) in [6, 6.07) is 5.54. The number of aliphatic hydroxyl groups is 1. The number of aromatic nitrogens is 3. The number of H-pyrrole nitrogens is 1. The van der Waals surface area contributed by atoms with E-state index in [9.17, 15) is 14.7 Å². The molecule has 4 rings (SSSR count). The highest BCUT2D eigenvalue weighted by atomic mass is 28.2. The van der Waals surface area contributed by atoms with Crippen LogP contribution in [0, 0.1) is 0 Å². The molecule has 0 saturated heterocycles. The van der Waals surface area contributed by atoms with Crippen LogP contribution in [-0.2, 0) is 16.0 Å². The van der Waals surface area contributed by atoms with Gasteiger partial charge in [-0.1, -0.05) is 6.42 Å². The number of nitrogens with one attached hydrogen (secondary N) is 3. The Morgan fingerprint density at radius 3 is 2.83 bits per heavy atom. The predicted octanol–water partition coefficient (Wildman–Crippen LogP) is 2.74. The summed E-state index contributed by atoms with van der Waals surface area (Å²) in [6.07, 6.45) is 7.87. The van der Waals surface area contributed by atoms with Crippen LogP contribution in [0.15, 0.2) is 24.4 Å². The van der Waals surface area contributed by atoms with E-state index in [0.29, 0.717) is 38.9 Å². The minimum Gasteiger partial charge on any atom is -0.481 e. The molecule has 2 fully saturated rings. The van der Waals surface area contributed by atoms with Crippen LogP contribution in [0.25, 0.3) is 0 Å². The van der Waals surface area contributed by atoms with E-state index in [1.807, 2.05) is 6.07 Å². The number of rotatable bonds is 9. The van der Waals surface area contributed by atoms with E-state index in [0.717, 1.165) is 56.2 Å². The molecule has 2 amide bonds. The fraction of sp³-hybridized carbons (Fsp3) is 0.583. The van der Waals surface area contributed by atoms with Crippen LogP contribution in [0.3, 0.4) is 0 Å². The maximum atomic E-state index is 12.4. The fourth-order valence-corrected chi connectivity index (χ4v) is 6.03. The number of hydrogen-bond acceptors (Lipinski definition) is 7. The molecule has 2 atom stereocenters. The van der Waals surface area contributed by atoms with Crippen molar-refractivity contribution in [2.45, 2.75) is 75.0 Å². The van der Waals surface area contributed by atoms with Gasteiger partial charge in [0.05, 0.1) is 35.4 Å². The highest BCUT2D eigenvalue weighted by molar-refractivity contribution is 6.37. The molecule has 2 aromatic heterocycles. The highest BCUT2D eigenvalue weighted by Crippen LogP contribution is 2.41. The van der Waals surface area contributed by atoms with E-state index < -0.39 is 0 Å². The first-order valence-electron chi connectivity index (χ1n) is 12.2. The van der Waals surface area contributed by atoms with Gasteiger partial charge < -0.3 is 25.2 Å². The first kappa shape index (κ1) is 25.2. The summed E-state index contributed by atoms with van der Waals surface area (Å²) in [5.74, 6) is 1.21. The molecule has 4 N–H and O–H groups in total. The zero-order valence-corrected chi connectivity index (χ0v) is 21.0. The molecular weight excluding hydrogens is 466 g/mol. The van der Waals surface area contributed by atoms with Crippen molar-refractivity contribution in [2.24, 2.45) is 0 Å². The largest absolute Gasteiger partial charge is 0.481 e. The fourth-order valence-electron chi connectivity index (χ4n) is 4.76. The molecule has 188 valence electrons. The van der Waals surface area contributed by atoms with Crippen molar-refractivity contribution in [1.29, 1.82) is 0 Å². The van der Waals surface area contributed by atoms with Gasteiger partial charge in [-0.3, -0.25) is 9.89 Å². The van der Waals surface area contributed by atoms with Crippen LogP contribution in [0.5, 0.6) is 5.88 Å².